The molecule has 0 atom stereocenters. The van der Waals surface area contributed by atoms with E-state index in [0.717, 1.165) is 56.9 Å². The average Bonchev–Trinajstić information content (AvgIpc) is 2.83. The van der Waals surface area contributed by atoms with Crippen LogP contribution in [0.3, 0.4) is 0 Å². The second-order valence-corrected chi connectivity index (χ2v) is 17.1. The highest BCUT2D eigenvalue weighted by Gasteiger charge is 2.24. The van der Waals surface area contributed by atoms with Crippen molar-refractivity contribution in [2.75, 3.05) is 64.6 Å². The largest absolute Gasteiger partial charge is 0.330 e. The van der Waals surface area contributed by atoms with E-state index in [9.17, 15) is 25.3 Å². The highest BCUT2D eigenvalue weighted by atomic mass is 35.7. The van der Waals surface area contributed by atoms with Crippen molar-refractivity contribution in [3.63, 3.8) is 0 Å². The van der Waals surface area contributed by atoms with Crippen LogP contribution in [0, 0.1) is 17.8 Å². The Kier molecular flexibility index (Phi) is 24.5. The first-order valence-corrected chi connectivity index (χ1v) is 19.6. The fourth-order valence-electron chi connectivity index (χ4n) is 4.42. The lowest BCUT2D eigenvalue weighted by molar-refractivity contribution is 0.270. The topological polar surface area (TPSA) is 147 Å². The standard InChI is InChI=1S/C8H17NO2S.C7H16N2O2S.C7H15N.CH3ClO2S.CH4.ClH/c1-3-8-4-6-9(7-5-8)12(2,10)11;1-12(10,11)9-4-2-7(6-8)3-5-9;1-2-7-3-5-8-6-4-7;1-5(2,3)4;;/h8H,3-7H2,1-2H3;7H,2-6,8H2,1H3;7-8H,2-6H2,1H3;1H3;1H4;1H. The molecule has 3 fully saturated rings. The van der Waals surface area contributed by atoms with Crippen LogP contribution in [0.25, 0.3) is 0 Å². The summed E-state index contributed by atoms with van der Waals surface area (Å²) in [5.41, 5.74) is 5.49. The van der Waals surface area contributed by atoms with E-state index in [2.05, 4.69) is 29.8 Å². The number of nitrogens with two attached hydrogens (primary N) is 1. The first kappa shape index (κ1) is 43.7. The Balaban J connectivity index is -0.000000455. The van der Waals surface area contributed by atoms with Crippen LogP contribution >= 0.6 is 23.1 Å². The van der Waals surface area contributed by atoms with Gasteiger partial charge in [-0.3, -0.25) is 0 Å². The van der Waals surface area contributed by atoms with Crippen LogP contribution in [0.5, 0.6) is 0 Å². The third-order valence-electron chi connectivity index (χ3n) is 7.03. The first-order valence-electron chi connectivity index (χ1n) is 13.2. The number of piperidine rings is 3. The van der Waals surface area contributed by atoms with Gasteiger partial charge in [0.1, 0.15) is 0 Å². The van der Waals surface area contributed by atoms with Crippen LogP contribution in [0.1, 0.15) is 72.6 Å². The van der Waals surface area contributed by atoms with Crippen molar-refractivity contribution in [2.24, 2.45) is 23.5 Å². The molecule has 0 bridgehead atoms. The molecular formula is C24H56Cl2N4O6S3. The fourth-order valence-corrected chi connectivity index (χ4v) is 6.16. The highest BCUT2D eigenvalue weighted by molar-refractivity contribution is 8.13. The quantitative estimate of drug-likeness (QED) is 0.426. The summed E-state index contributed by atoms with van der Waals surface area (Å²) >= 11 is 0. The number of sulfonamides is 2. The van der Waals surface area contributed by atoms with Crippen molar-refractivity contribution in [2.45, 2.75) is 72.6 Å². The molecule has 0 aromatic heterocycles. The third-order valence-corrected chi connectivity index (χ3v) is 9.64. The summed E-state index contributed by atoms with van der Waals surface area (Å²) in [5, 5.41) is 3.35. The summed E-state index contributed by atoms with van der Waals surface area (Å²) < 4.78 is 66.3. The Morgan fingerprint density at radius 1 is 0.692 bits per heavy atom. The van der Waals surface area contributed by atoms with Crippen molar-refractivity contribution < 1.29 is 25.3 Å². The number of halogens is 2. The predicted octanol–water partition coefficient (Wildman–Crippen LogP) is 3.32. The van der Waals surface area contributed by atoms with Crippen LogP contribution in [-0.2, 0) is 29.1 Å². The Labute approximate surface area is 251 Å². The van der Waals surface area contributed by atoms with Gasteiger partial charge in [-0.25, -0.2) is 33.9 Å². The maximum Gasteiger partial charge on any atom is 0.229 e. The summed E-state index contributed by atoms with van der Waals surface area (Å²) in [7, 11) is -4.58. The zero-order chi connectivity index (χ0) is 28.7. The molecule has 0 aliphatic carbocycles. The molecule has 15 heteroatoms. The SMILES string of the molecule is C.CCC1CCN(S(C)(=O)=O)CC1.CCC1CCNCC1.CS(=O)(=O)Cl.CS(=O)(=O)N1CCC(CN)CC1.Cl. The molecule has 0 aromatic carbocycles. The van der Waals surface area contributed by atoms with Gasteiger partial charge in [0.15, 0.2) is 0 Å². The molecule has 3 aliphatic heterocycles. The smallest absolute Gasteiger partial charge is 0.229 e. The van der Waals surface area contributed by atoms with Gasteiger partial charge >= 0.3 is 0 Å². The van der Waals surface area contributed by atoms with Crippen molar-refractivity contribution >= 4 is 52.2 Å². The van der Waals surface area contributed by atoms with Crippen LogP contribution in [-0.4, -0.2) is 98.4 Å². The van der Waals surface area contributed by atoms with Gasteiger partial charge in [0.05, 0.1) is 18.8 Å². The van der Waals surface area contributed by atoms with Gasteiger partial charge in [-0.1, -0.05) is 34.1 Å². The van der Waals surface area contributed by atoms with Gasteiger partial charge in [0, 0.05) is 36.9 Å². The summed E-state index contributed by atoms with van der Waals surface area (Å²) in [5.74, 6) is 2.28. The number of hydrogen-bond donors (Lipinski definition) is 2. The molecule has 0 unspecified atom stereocenters. The summed E-state index contributed by atoms with van der Waals surface area (Å²) in [6, 6.07) is 0. The monoisotopic (exact) mass is 662 g/mol. The molecule has 39 heavy (non-hydrogen) atoms. The van der Waals surface area contributed by atoms with E-state index in [1.807, 2.05) is 0 Å². The molecule has 0 spiro atoms. The second kappa shape index (κ2) is 21.9. The van der Waals surface area contributed by atoms with Crippen molar-refractivity contribution in [3.8, 4) is 0 Å². The van der Waals surface area contributed by atoms with E-state index in [1.165, 1.54) is 55.6 Å². The van der Waals surface area contributed by atoms with Crippen molar-refractivity contribution in [1.82, 2.24) is 13.9 Å². The van der Waals surface area contributed by atoms with E-state index in [0.29, 0.717) is 25.6 Å². The van der Waals surface area contributed by atoms with Crippen LogP contribution < -0.4 is 11.1 Å². The average molecular weight is 664 g/mol. The normalized spacial score (nSPS) is 20.4. The Hall–Kier alpha value is 0.270. The molecular weight excluding hydrogens is 607 g/mol. The summed E-state index contributed by atoms with van der Waals surface area (Å²) in [4.78, 5) is 0. The predicted molar refractivity (Wildman–Crippen MR) is 168 cm³/mol. The van der Waals surface area contributed by atoms with Crippen molar-refractivity contribution in [3.05, 3.63) is 0 Å². The number of hydrogen-bond acceptors (Lipinski definition) is 8. The van der Waals surface area contributed by atoms with Gasteiger partial charge in [-0.2, -0.15) is 0 Å². The maximum absolute atomic E-state index is 11.1. The molecule has 0 amide bonds. The minimum Gasteiger partial charge on any atom is -0.330 e. The van der Waals surface area contributed by atoms with Gasteiger partial charge in [0.25, 0.3) is 0 Å². The third kappa shape index (κ3) is 23.5. The minimum atomic E-state index is -3.19. The number of rotatable bonds is 5. The summed E-state index contributed by atoms with van der Waals surface area (Å²) in [6.07, 6.45) is 12.7. The molecule has 10 nitrogen and oxygen atoms in total. The van der Waals surface area contributed by atoms with Crippen molar-refractivity contribution in [1.29, 1.82) is 0 Å². The molecule has 240 valence electrons. The highest BCUT2D eigenvalue weighted by Crippen LogP contribution is 2.21. The molecule has 0 saturated carbocycles. The van der Waals surface area contributed by atoms with E-state index < -0.39 is 29.1 Å². The van der Waals surface area contributed by atoms with Crippen LogP contribution in [0.15, 0.2) is 0 Å². The second-order valence-electron chi connectivity index (χ2n) is 10.1. The Morgan fingerprint density at radius 3 is 1.21 bits per heavy atom. The minimum absolute atomic E-state index is 0. The van der Waals surface area contributed by atoms with E-state index in [-0.39, 0.29) is 19.8 Å². The molecule has 3 saturated heterocycles. The maximum atomic E-state index is 11.1. The van der Waals surface area contributed by atoms with Crippen LogP contribution in [0.4, 0.5) is 0 Å². The van der Waals surface area contributed by atoms with E-state index in [4.69, 9.17) is 5.73 Å². The Bertz CT molecular complexity index is 856. The molecule has 3 heterocycles. The Morgan fingerprint density at radius 2 is 0.974 bits per heavy atom. The van der Waals surface area contributed by atoms with Crippen LogP contribution in [0.2, 0.25) is 0 Å². The number of nitrogens with one attached hydrogen (secondary N) is 1. The lowest BCUT2D eigenvalue weighted by atomic mass is 9.96. The lowest BCUT2D eigenvalue weighted by Gasteiger charge is -2.29. The fraction of sp³-hybridized carbons (Fsp3) is 1.00. The zero-order valence-corrected chi connectivity index (χ0v) is 27.8. The van der Waals surface area contributed by atoms with Gasteiger partial charge in [-0.15, -0.1) is 12.4 Å². The van der Waals surface area contributed by atoms with Gasteiger partial charge in [0.2, 0.25) is 29.1 Å². The summed E-state index contributed by atoms with van der Waals surface area (Å²) in [6.45, 7) is 10.3. The molecule has 0 aromatic rings. The van der Waals surface area contributed by atoms with Gasteiger partial charge < -0.3 is 11.1 Å². The molecule has 3 N–H and O–H groups in total. The van der Waals surface area contributed by atoms with E-state index in [1.54, 1.807) is 4.31 Å². The lowest BCUT2D eigenvalue weighted by Crippen LogP contribution is -2.39. The van der Waals surface area contributed by atoms with Gasteiger partial charge in [-0.05, 0) is 75.9 Å². The molecule has 3 rings (SSSR count). The molecule has 3 aliphatic rings. The number of nitrogens with zero attached hydrogens (tertiary/aromatic N) is 2. The molecule has 0 radical (unpaired) electrons. The first-order chi connectivity index (χ1) is 17.0. The van der Waals surface area contributed by atoms with E-state index >= 15 is 0 Å². The zero-order valence-electron chi connectivity index (χ0n) is 23.8.